The lowest BCUT2D eigenvalue weighted by molar-refractivity contribution is -0.361. The number of hydrogen-bond donors (Lipinski definition) is 4. The van der Waals surface area contributed by atoms with Crippen molar-refractivity contribution in [2.75, 3.05) is 6.61 Å². The molecule has 1 saturated heterocycles. The zero-order valence-electron chi connectivity index (χ0n) is 9.34. The lowest BCUT2D eigenvalue weighted by Gasteiger charge is -2.49. The SMILES string of the molecule is CC(C)(C)[C@]1(O)O[C@H](CO)[C@@H](O)C[C@H]1O. The summed E-state index contributed by atoms with van der Waals surface area (Å²) in [6, 6.07) is 0. The summed E-state index contributed by atoms with van der Waals surface area (Å²) in [5.74, 6) is -1.74. The Hall–Kier alpha value is -0.200. The van der Waals surface area contributed by atoms with Gasteiger partial charge >= 0.3 is 0 Å². The van der Waals surface area contributed by atoms with E-state index in [0.29, 0.717) is 0 Å². The van der Waals surface area contributed by atoms with E-state index in [4.69, 9.17) is 9.84 Å². The highest BCUT2D eigenvalue weighted by Crippen LogP contribution is 2.40. The Labute approximate surface area is 89.3 Å². The molecule has 1 fully saturated rings. The van der Waals surface area contributed by atoms with Gasteiger partial charge in [0.2, 0.25) is 0 Å². The second-order valence-electron chi connectivity index (χ2n) is 5.10. The third-order valence-electron chi connectivity index (χ3n) is 2.93. The van der Waals surface area contributed by atoms with E-state index in [0.717, 1.165) is 0 Å². The number of rotatable bonds is 1. The van der Waals surface area contributed by atoms with Crippen LogP contribution in [0, 0.1) is 5.41 Å². The molecule has 4 N–H and O–H groups in total. The molecule has 0 bridgehead atoms. The van der Waals surface area contributed by atoms with Gasteiger partial charge in [0.25, 0.3) is 0 Å². The maximum atomic E-state index is 10.2. The highest BCUT2D eigenvalue weighted by Gasteiger charge is 2.53. The van der Waals surface area contributed by atoms with Crippen LogP contribution in [0.1, 0.15) is 27.2 Å². The van der Waals surface area contributed by atoms with Gasteiger partial charge in [0, 0.05) is 11.8 Å². The summed E-state index contributed by atoms with van der Waals surface area (Å²) in [5, 5.41) is 38.4. The van der Waals surface area contributed by atoms with E-state index in [9.17, 15) is 15.3 Å². The molecule has 0 radical (unpaired) electrons. The number of ether oxygens (including phenoxy) is 1. The largest absolute Gasteiger partial charge is 0.394 e. The van der Waals surface area contributed by atoms with E-state index < -0.39 is 29.5 Å². The lowest BCUT2D eigenvalue weighted by atomic mass is 9.78. The van der Waals surface area contributed by atoms with Gasteiger partial charge in [-0.25, -0.2) is 0 Å². The summed E-state index contributed by atoms with van der Waals surface area (Å²) in [7, 11) is 0. The third-order valence-corrected chi connectivity index (χ3v) is 2.93. The normalized spacial score (nSPS) is 43.0. The Morgan fingerprint density at radius 2 is 1.87 bits per heavy atom. The lowest BCUT2D eigenvalue weighted by Crippen LogP contribution is -2.63. The molecule has 1 rings (SSSR count). The molecular formula is C10H20O5. The summed E-state index contributed by atoms with van der Waals surface area (Å²) < 4.78 is 5.22. The van der Waals surface area contributed by atoms with Crippen LogP contribution in [0.4, 0.5) is 0 Å². The van der Waals surface area contributed by atoms with Crippen molar-refractivity contribution in [3.63, 3.8) is 0 Å². The first kappa shape index (κ1) is 12.9. The van der Waals surface area contributed by atoms with Crippen LogP contribution in [-0.4, -0.2) is 51.1 Å². The minimum atomic E-state index is -1.74. The van der Waals surface area contributed by atoms with Crippen molar-refractivity contribution in [3.8, 4) is 0 Å². The van der Waals surface area contributed by atoms with Gasteiger partial charge in [0.1, 0.15) is 12.2 Å². The minimum Gasteiger partial charge on any atom is -0.394 e. The number of hydrogen-bond acceptors (Lipinski definition) is 5. The average Bonchev–Trinajstić information content (AvgIpc) is 2.09. The van der Waals surface area contributed by atoms with E-state index >= 15 is 0 Å². The Bertz CT molecular complexity index is 224. The maximum absolute atomic E-state index is 10.2. The quantitative estimate of drug-likeness (QED) is 0.465. The summed E-state index contributed by atoms with van der Waals surface area (Å²) in [6.07, 6.45) is -2.96. The highest BCUT2D eigenvalue weighted by molar-refractivity contribution is 4.96. The van der Waals surface area contributed by atoms with Gasteiger partial charge in [-0.1, -0.05) is 20.8 Å². The molecule has 90 valence electrons. The molecule has 0 amide bonds. The molecule has 4 atom stereocenters. The third kappa shape index (κ3) is 2.16. The number of aliphatic hydroxyl groups excluding tert-OH is 3. The van der Waals surface area contributed by atoms with Crippen molar-refractivity contribution >= 4 is 0 Å². The molecule has 0 aliphatic carbocycles. The highest BCUT2D eigenvalue weighted by atomic mass is 16.7. The summed E-state index contributed by atoms with van der Waals surface area (Å²) in [5.41, 5.74) is -0.694. The first-order chi connectivity index (χ1) is 6.72. The van der Waals surface area contributed by atoms with Gasteiger partial charge in [-0.3, -0.25) is 0 Å². The summed E-state index contributed by atoms with van der Waals surface area (Å²) in [6.45, 7) is 4.79. The Kier molecular flexibility index (Phi) is 3.42. The zero-order valence-corrected chi connectivity index (χ0v) is 9.34. The van der Waals surface area contributed by atoms with Gasteiger partial charge in [-0.15, -0.1) is 0 Å². The molecule has 0 spiro atoms. The molecule has 5 nitrogen and oxygen atoms in total. The standard InChI is InChI=1S/C10H20O5/c1-9(2,3)10(14)8(13)4-6(12)7(5-11)15-10/h6-8,11-14H,4-5H2,1-3H3/t6-,7+,8+,10+/m0/s1. The molecule has 5 heteroatoms. The van der Waals surface area contributed by atoms with Crippen LogP contribution in [-0.2, 0) is 4.74 Å². The maximum Gasteiger partial charge on any atom is 0.197 e. The second-order valence-corrected chi connectivity index (χ2v) is 5.10. The van der Waals surface area contributed by atoms with Crippen molar-refractivity contribution in [3.05, 3.63) is 0 Å². The van der Waals surface area contributed by atoms with Crippen LogP contribution in [0.25, 0.3) is 0 Å². The fraction of sp³-hybridized carbons (Fsp3) is 1.00. The topological polar surface area (TPSA) is 90.2 Å². The first-order valence-electron chi connectivity index (χ1n) is 5.09. The van der Waals surface area contributed by atoms with E-state index in [1.807, 2.05) is 0 Å². The van der Waals surface area contributed by atoms with E-state index in [1.165, 1.54) is 0 Å². The van der Waals surface area contributed by atoms with Gasteiger partial charge in [-0.2, -0.15) is 0 Å². The van der Waals surface area contributed by atoms with Crippen molar-refractivity contribution < 1.29 is 25.2 Å². The molecular weight excluding hydrogens is 200 g/mol. The van der Waals surface area contributed by atoms with E-state index in [-0.39, 0.29) is 13.0 Å². The first-order valence-corrected chi connectivity index (χ1v) is 5.09. The molecule has 0 saturated carbocycles. The zero-order chi connectivity index (χ0) is 11.9. The minimum absolute atomic E-state index is 0.000995. The molecule has 0 aromatic carbocycles. The molecule has 15 heavy (non-hydrogen) atoms. The van der Waals surface area contributed by atoms with Crippen LogP contribution in [0.2, 0.25) is 0 Å². The smallest absolute Gasteiger partial charge is 0.197 e. The summed E-state index contributed by atoms with van der Waals surface area (Å²) >= 11 is 0. The van der Waals surface area contributed by atoms with E-state index in [1.54, 1.807) is 20.8 Å². The van der Waals surface area contributed by atoms with Crippen LogP contribution in [0.3, 0.4) is 0 Å². The van der Waals surface area contributed by atoms with Crippen molar-refractivity contribution in [1.82, 2.24) is 0 Å². The van der Waals surface area contributed by atoms with Crippen LogP contribution < -0.4 is 0 Å². The molecule has 1 aliphatic heterocycles. The molecule has 1 heterocycles. The van der Waals surface area contributed by atoms with Crippen LogP contribution in [0.5, 0.6) is 0 Å². The Morgan fingerprint density at radius 3 is 2.27 bits per heavy atom. The molecule has 0 aromatic rings. The Balaban J connectivity index is 2.90. The molecule has 0 aromatic heterocycles. The predicted molar refractivity (Wildman–Crippen MR) is 53.0 cm³/mol. The second kappa shape index (κ2) is 3.99. The average molecular weight is 220 g/mol. The van der Waals surface area contributed by atoms with E-state index in [2.05, 4.69) is 0 Å². The van der Waals surface area contributed by atoms with Gasteiger partial charge < -0.3 is 25.2 Å². The summed E-state index contributed by atoms with van der Waals surface area (Å²) in [4.78, 5) is 0. The van der Waals surface area contributed by atoms with Gasteiger partial charge in [0.15, 0.2) is 5.79 Å². The van der Waals surface area contributed by atoms with Crippen LogP contribution in [0.15, 0.2) is 0 Å². The predicted octanol–water partition coefficient (Wildman–Crippen LogP) is -0.776. The monoisotopic (exact) mass is 220 g/mol. The van der Waals surface area contributed by atoms with Crippen molar-refractivity contribution in [2.24, 2.45) is 5.41 Å². The number of aliphatic hydroxyl groups is 4. The molecule has 1 aliphatic rings. The van der Waals surface area contributed by atoms with Crippen LogP contribution >= 0.6 is 0 Å². The fourth-order valence-corrected chi connectivity index (χ4v) is 1.76. The van der Waals surface area contributed by atoms with Crippen molar-refractivity contribution in [2.45, 2.75) is 51.3 Å². The van der Waals surface area contributed by atoms with Crippen molar-refractivity contribution in [1.29, 1.82) is 0 Å². The fourth-order valence-electron chi connectivity index (χ4n) is 1.76. The van der Waals surface area contributed by atoms with Gasteiger partial charge in [0.05, 0.1) is 12.7 Å². The Morgan fingerprint density at radius 1 is 1.33 bits per heavy atom. The molecule has 0 unspecified atom stereocenters. The van der Waals surface area contributed by atoms with Gasteiger partial charge in [-0.05, 0) is 0 Å².